The zero-order chi connectivity index (χ0) is 10.3. The van der Waals surface area contributed by atoms with Gasteiger partial charge in [0, 0.05) is 6.54 Å². The Balaban J connectivity index is 1.88. The molecule has 0 spiro atoms. The number of hydrogen-bond donors (Lipinski definition) is 1. The zero-order valence-corrected chi connectivity index (χ0v) is 9.19. The number of rotatable bonds is 2. The van der Waals surface area contributed by atoms with E-state index in [1.807, 2.05) is 6.33 Å². The topological polar surface area (TPSA) is 42.7 Å². The Morgan fingerprint density at radius 2 is 2.47 bits per heavy atom. The first kappa shape index (κ1) is 9.33. The van der Waals surface area contributed by atoms with Crippen molar-refractivity contribution in [1.82, 2.24) is 20.1 Å². The van der Waals surface area contributed by atoms with Crippen molar-refractivity contribution in [1.29, 1.82) is 0 Å². The molecule has 1 aromatic heterocycles. The Morgan fingerprint density at radius 3 is 3.33 bits per heavy atom. The van der Waals surface area contributed by atoms with Crippen LogP contribution in [0, 0.1) is 11.8 Å². The van der Waals surface area contributed by atoms with Gasteiger partial charge in [0.1, 0.15) is 12.2 Å². The molecule has 3 atom stereocenters. The number of aryl methyl sites for hydroxylation is 1. The third kappa shape index (κ3) is 1.39. The fourth-order valence-corrected chi connectivity index (χ4v) is 3.22. The second-order valence-corrected chi connectivity index (χ2v) is 4.72. The largest absolute Gasteiger partial charge is 0.317 e. The lowest BCUT2D eigenvalue weighted by Crippen LogP contribution is -2.21. The van der Waals surface area contributed by atoms with E-state index >= 15 is 0 Å². The van der Waals surface area contributed by atoms with E-state index in [0.29, 0.717) is 6.04 Å². The van der Waals surface area contributed by atoms with Gasteiger partial charge in [-0.15, -0.1) is 10.2 Å². The van der Waals surface area contributed by atoms with Crippen LogP contribution in [-0.4, -0.2) is 21.3 Å². The molecule has 4 nitrogen and oxygen atoms in total. The molecule has 2 aliphatic rings. The first-order valence-corrected chi connectivity index (χ1v) is 6.01. The zero-order valence-electron chi connectivity index (χ0n) is 9.19. The van der Waals surface area contributed by atoms with Crippen molar-refractivity contribution in [3.63, 3.8) is 0 Å². The van der Waals surface area contributed by atoms with Crippen LogP contribution in [0.1, 0.15) is 38.1 Å². The van der Waals surface area contributed by atoms with E-state index in [0.717, 1.165) is 24.2 Å². The van der Waals surface area contributed by atoms with Crippen LogP contribution in [0.25, 0.3) is 0 Å². The van der Waals surface area contributed by atoms with E-state index in [1.165, 1.54) is 25.8 Å². The van der Waals surface area contributed by atoms with Crippen molar-refractivity contribution >= 4 is 0 Å². The Kier molecular flexibility index (Phi) is 2.24. The summed E-state index contributed by atoms with van der Waals surface area (Å²) in [5, 5.41) is 11.9. The maximum Gasteiger partial charge on any atom is 0.150 e. The first-order chi connectivity index (χ1) is 7.40. The third-order valence-corrected chi connectivity index (χ3v) is 4.01. The highest BCUT2D eigenvalue weighted by Gasteiger charge is 2.41. The van der Waals surface area contributed by atoms with E-state index in [-0.39, 0.29) is 0 Å². The molecule has 1 saturated carbocycles. The number of nitrogens with one attached hydrogen (secondary N) is 1. The van der Waals surface area contributed by atoms with Crippen LogP contribution in [0.15, 0.2) is 6.33 Å². The molecule has 3 rings (SSSR count). The summed E-state index contributed by atoms with van der Waals surface area (Å²) in [4.78, 5) is 0. The molecule has 4 heteroatoms. The van der Waals surface area contributed by atoms with Crippen molar-refractivity contribution < 1.29 is 0 Å². The monoisotopic (exact) mass is 206 g/mol. The molecule has 2 heterocycles. The Hall–Kier alpha value is -0.900. The van der Waals surface area contributed by atoms with Crippen molar-refractivity contribution in [2.45, 2.75) is 38.8 Å². The summed E-state index contributed by atoms with van der Waals surface area (Å²) >= 11 is 0. The molecule has 2 fully saturated rings. The van der Waals surface area contributed by atoms with Gasteiger partial charge >= 0.3 is 0 Å². The lowest BCUT2D eigenvalue weighted by atomic mass is 9.93. The summed E-state index contributed by atoms with van der Waals surface area (Å²) in [6.07, 6.45) is 6.00. The van der Waals surface area contributed by atoms with Gasteiger partial charge in [-0.2, -0.15) is 0 Å². The van der Waals surface area contributed by atoms with Gasteiger partial charge in [0.05, 0.1) is 6.04 Å². The van der Waals surface area contributed by atoms with Crippen LogP contribution in [0.4, 0.5) is 0 Å². The van der Waals surface area contributed by atoms with Crippen molar-refractivity contribution in [2.75, 3.05) is 6.54 Å². The average Bonchev–Trinajstić information content (AvgIpc) is 2.92. The van der Waals surface area contributed by atoms with E-state index in [4.69, 9.17) is 0 Å². The molecule has 1 aliphatic heterocycles. The van der Waals surface area contributed by atoms with Crippen molar-refractivity contribution in [2.24, 2.45) is 11.8 Å². The van der Waals surface area contributed by atoms with Gasteiger partial charge in [-0.1, -0.05) is 6.42 Å². The molecule has 1 N–H and O–H groups in total. The van der Waals surface area contributed by atoms with Gasteiger partial charge in [-0.3, -0.25) is 0 Å². The predicted octanol–water partition coefficient (Wildman–Crippen LogP) is 1.36. The summed E-state index contributed by atoms with van der Waals surface area (Å²) in [5.41, 5.74) is 0. The molecule has 15 heavy (non-hydrogen) atoms. The highest BCUT2D eigenvalue weighted by Crippen LogP contribution is 2.43. The smallest absolute Gasteiger partial charge is 0.150 e. The first-order valence-electron chi connectivity index (χ1n) is 6.01. The van der Waals surface area contributed by atoms with Gasteiger partial charge in [0.2, 0.25) is 0 Å². The quantitative estimate of drug-likeness (QED) is 0.794. The highest BCUT2D eigenvalue weighted by molar-refractivity contribution is 5.05. The van der Waals surface area contributed by atoms with Gasteiger partial charge in [0.15, 0.2) is 0 Å². The summed E-state index contributed by atoms with van der Waals surface area (Å²) in [6.45, 7) is 4.29. The van der Waals surface area contributed by atoms with Crippen LogP contribution < -0.4 is 5.32 Å². The normalized spacial score (nSPS) is 34.6. The molecule has 0 amide bonds. The molecule has 3 unspecified atom stereocenters. The Bertz CT molecular complexity index is 346. The molecule has 1 aliphatic carbocycles. The van der Waals surface area contributed by atoms with Gasteiger partial charge in [0.25, 0.3) is 0 Å². The average molecular weight is 206 g/mol. The molecular formula is C11H18N4. The SMILES string of the molecule is CCn1cnnc1C1NCC2CCCC21. The summed E-state index contributed by atoms with van der Waals surface area (Å²) in [5.74, 6) is 2.84. The Labute approximate surface area is 90.1 Å². The lowest BCUT2D eigenvalue weighted by molar-refractivity contribution is 0.396. The fraction of sp³-hybridized carbons (Fsp3) is 0.818. The van der Waals surface area contributed by atoms with Crippen molar-refractivity contribution in [3.8, 4) is 0 Å². The van der Waals surface area contributed by atoms with Gasteiger partial charge < -0.3 is 9.88 Å². The highest BCUT2D eigenvalue weighted by atomic mass is 15.3. The second kappa shape index (κ2) is 3.59. The predicted molar refractivity (Wildman–Crippen MR) is 57.3 cm³/mol. The fourth-order valence-electron chi connectivity index (χ4n) is 3.22. The molecule has 82 valence electrons. The van der Waals surface area contributed by atoms with Crippen LogP contribution in [0.3, 0.4) is 0 Å². The molecule has 0 bridgehead atoms. The maximum absolute atomic E-state index is 4.28. The molecular weight excluding hydrogens is 188 g/mol. The Morgan fingerprint density at radius 1 is 1.53 bits per heavy atom. The standard InChI is InChI=1S/C11H18N4/c1-2-15-7-13-14-11(15)10-9-5-3-4-8(9)6-12-10/h7-10,12H,2-6H2,1H3. The molecule has 1 aromatic rings. The minimum Gasteiger partial charge on any atom is -0.317 e. The number of hydrogen-bond acceptors (Lipinski definition) is 3. The molecule has 0 radical (unpaired) electrons. The van der Waals surface area contributed by atoms with E-state index < -0.39 is 0 Å². The van der Waals surface area contributed by atoms with E-state index in [9.17, 15) is 0 Å². The van der Waals surface area contributed by atoms with E-state index in [2.05, 4.69) is 27.0 Å². The van der Waals surface area contributed by atoms with Crippen LogP contribution >= 0.6 is 0 Å². The van der Waals surface area contributed by atoms with Crippen LogP contribution in [0.5, 0.6) is 0 Å². The summed E-state index contributed by atoms with van der Waals surface area (Å²) in [6, 6.07) is 0.458. The minimum atomic E-state index is 0.458. The molecule has 0 aromatic carbocycles. The maximum atomic E-state index is 4.28. The number of nitrogens with zero attached hydrogens (tertiary/aromatic N) is 3. The lowest BCUT2D eigenvalue weighted by Gasteiger charge is -2.17. The summed E-state index contributed by atoms with van der Waals surface area (Å²) in [7, 11) is 0. The van der Waals surface area contributed by atoms with Crippen molar-refractivity contribution in [3.05, 3.63) is 12.2 Å². The summed E-state index contributed by atoms with van der Waals surface area (Å²) < 4.78 is 2.17. The van der Waals surface area contributed by atoms with Gasteiger partial charge in [-0.05, 0) is 38.1 Å². The van der Waals surface area contributed by atoms with Crippen LogP contribution in [-0.2, 0) is 6.54 Å². The van der Waals surface area contributed by atoms with Crippen LogP contribution in [0.2, 0.25) is 0 Å². The molecule has 1 saturated heterocycles. The number of aromatic nitrogens is 3. The minimum absolute atomic E-state index is 0.458. The second-order valence-electron chi connectivity index (χ2n) is 4.72. The number of fused-ring (bicyclic) bond motifs is 1. The van der Waals surface area contributed by atoms with Gasteiger partial charge in [-0.25, -0.2) is 0 Å². The van der Waals surface area contributed by atoms with E-state index in [1.54, 1.807) is 0 Å². The third-order valence-electron chi connectivity index (χ3n) is 4.01.